The molecule has 1 nitrogen and oxygen atoms in total. The van der Waals surface area contributed by atoms with Gasteiger partial charge in [0.05, 0.1) is 0 Å². The van der Waals surface area contributed by atoms with Crippen molar-refractivity contribution < 1.29 is 4.43 Å². The highest BCUT2D eigenvalue weighted by atomic mass is 28.4. The summed E-state index contributed by atoms with van der Waals surface area (Å²) in [6.07, 6.45) is 8.15. The van der Waals surface area contributed by atoms with Crippen molar-refractivity contribution in [3.8, 4) is 11.5 Å². The van der Waals surface area contributed by atoms with Crippen molar-refractivity contribution in [3.63, 3.8) is 0 Å². The molecule has 0 aromatic carbocycles. The number of rotatable bonds is 8. The van der Waals surface area contributed by atoms with Crippen LogP contribution in [0, 0.1) is 11.5 Å². The molecule has 0 bridgehead atoms. The largest absolute Gasteiger partial charge is 0.417 e. The Kier molecular flexibility index (Phi) is 10.2. The fourth-order valence-corrected chi connectivity index (χ4v) is 3.92. The summed E-state index contributed by atoms with van der Waals surface area (Å²) in [5.74, 6) is 3.44. The molecule has 0 N–H and O–H groups in total. The van der Waals surface area contributed by atoms with E-state index in [9.17, 15) is 0 Å². The van der Waals surface area contributed by atoms with Gasteiger partial charge in [-0.25, -0.2) is 0 Å². The minimum atomic E-state index is -1.62. The van der Waals surface area contributed by atoms with Crippen molar-refractivity contribution in [2.45, 2.75) is 117 Å². The van der Waals surface area contributed by atoms with Gasteiger partial charge in [0.15, 0.2) is 8.32 Å². The molecule has 0 radical (unpaired) electrons. The lowest BCUT2D eigenvalue weighted by atomic mass is 10.0. The number of unbranched alkanes of at least 4 members (excludes halogenated alkanes) is 1. The van der Waals surface area contributed by atoms with E-state index in [0.717, 1.165) is 19.4 Å². The van der Waals surface area contributed by atoms with Crippen molar-refractivity contribution in [1.82, 2.24) is 0 Å². The van der Waals surface area contributed by atoms with Gasteiger partial charge in [0.25, 0.3) is 0 Å². The highest BCUT2D eigenvalue weighted by molar-refractivity contribution is 6.87. The molecular formula is C23H46OSi2. The van der Waals surface area contributed by atoms with Crippen molar-refractivity contribution in [1.29, 1.82) is 0 Å². The third kappa shape index (κ3) is 9.06. The van der Waals surface area contributed by atoms with Gasteiger partial charge in [-0.15, -0.1) is 5.54 Å². The van der Waals surface area contributed by atoms with Crippen LogP contribution >= 0.6 is 0 Å². The molecule has 0 saturated heterocycles. The third-order valence-corrected chi connectivity index (χ3v) is 15.4. The van der Waals surface area contributed by atoms with Gasteiger partial charge in [0.1, 0.15) is 8.07 Å². The van der Waals surface area contributed by atoms with E-state index in [-0.39, 0.29) is 0 Å². The monoisotopic (exact) mass is 394 g/mol. The maximum absolute atomic E-state index is 6.33. The molecule has 0 saturated carbocycles. The van der Waals surface area contributed by atoms with E-state index in [1.165, 1.54) is 24.8 Å². The van der Waals surface area contributed by atoms with Crippen molar-refractivity contribution in [3.05, 3.63) is 11.6 Å². The molecule has 0 aliphatic heterocycles. The second-order valence-electron chi connectivity index (χ2n) is 10.8. The second-order valence-corrected chi connectivity index (χ2v) is 20.6. The maximum Gasteiger partial charge on any atom is 0.191 e. The summed E-state index contributed by atoms with van der Waals surface area (Å²) in [5, 5.41) is 0.622. The lowest BCUT2D eigenvalue weighted by Gasteiger charge is -2.36. The average Bonchev–Trinajstić information content (AvgIpc) is 2.45. The first kappa shape index (κ1) is 25.7. The van der Waals surface area contributed by atoms with Gasteiger partial charge in [-0.1, -0.05) is 79.5 Å². The molecule has 0 unspecified atom stereocenters. The van der Waals surface area contributed by atoms with Crippen molar-refractivity contribution in [2.75, 3.05) is 6.61 Å². The van der Waals surface area contributed by atoms with E-state index in [1.54, 1.807) is 0 Å². The summed E-state index contributed by atoms with van der Waals surface area (Å²) in [6.45, 7) is 26.5. The summed E-state index contributed by atoms with van der Waals surface area (Å²) in [7, 11) is -3.13. The van der Waals surface area contributed by atoms with Crippen LogP contribution < -0.4 is 0 Å². The van der Waals surface area contributed by atoms with Gasteiger partial charge in [-0.05, 0) is 54.9 Å². The molecule has 0 aromatic rings. The van der Waals surface area contributed by atoms with Gasteiger partial charge in [-0.2, -0.15) is 0 Å². The lowest BCUT2D eigenvalue weighted by Crippen LogP contribution is -2.40. The summed E-state index contributed by atoms with van der Waals surface area (Å²) in [5.41, 5.74) is 5.14. The fourth-order valence-electron chi connectivity index (χ4n) is 2.02. The normalized spacial score (nSPS) is 14.2. The van der Waals surface area contributed by atoms with Crippen LogP contribution in [0.15, 0.2) is 11.6 Å². The predicted molar refractivity (Wildman–Crippen MR) is 125 cm³/mol. The molecule has 0 amide bonds. The second kappa shape index (κ2) is 10.3. The minimum absolute atomic E-state index is 0.294. The maximum atomic E-state index is 6.33. The molecular weight excluding hydrogens is 348 g/mol. The van der Waals surface area contributed by atoms with Gasteiger partial charge in [0, 0.05) is 6.61 Å². The van der Waals surface area contributed by atoms with E-state index in [4.69, 9.17) is 4.43 Å². The minimum Gasteiger partial charge on any atom is -0.417 e. The van der Waals surface area contributed by atoms with E-state index in [2.05, 4.69) is 92.2 Å². The third-order valence-electron chi connectivity index (χ3n) is 6.30. The van der Waals surface area contributed by atoms with Gasteiger partial charge >= 0.3 is 0 Å². The molecule has 0 heterocycles. The summed E-state index contributed by atoms with van der Waals surface area (Å²) < 4.78 is 6.33. The average molecular weight is 395 g/mol. The Balaban J connectivity index is 4.83. The number of hydrogen-bond donors (Lipinski definition) is 0. The first-order chi connectivity index (χ1) is 11.6. The zero-order valence-electron chi connectivity index (χ0n) is 19.7. The van der Waals surface area contributed by atoms with Crippen LogP contribution in [0.3, 0.4) is 0 Å². The van der Waals surface area contributed by atoms with Crippen LogP contribution in [-0.4, -0.2) is 23.0 Å². The first-order valence-corrected chi connectivity index (χ1v) is 16.4. The first-order valence-electron chi connectivity index (χ1n) is 10.5. The SMILES string of the molecule is CCCC/C(=C\C#C[Si](C)(C)C(C)(C)C)CCCO[Si](C)(C)C(C)(C)C. The molecule has 3 heteroatoms. The zero-order valence-corrected chi connectivity index (χ0v) is 21.7. The molecule has 0 atom stereocenters. The summed E-state index contributed by atoms with van der Waals surface area (Å²) in [4.78, 5) is 0. The Morgan fingerprint density at radius 3 is 1.88 bits per heavy atom. The van der Waals surface area contributed by atoms with E-state index >= 15 is 0 Å². The van der Waals surface area contributed by atoms with Crippen molar-refractivity contribution >= 4 is 16.4 Å². The van der Waals surface area contributed by atoms with Gasteiger partial charge < -0.3 is 4.43 Å². The van der Waals surface area contributed by atoms with E-state index in [0.29, 0.717) is 10.1 Å². The molecule has 0 fully saturated rings. The van der Waals surface area contributed by atoms with E-state index in [1.807, 2.05) is 0 Å². The Hall–Kier alpha value is -0.306. The van der Waals surface area contributed by atoms with Crippen molar-refractivity contribution in [2.24, 2.45) is 0 Å². The zero-order chi connectivity index (χ0) is 20.6. The quantitative estimate of drug-likeness (QED) is 0.230. The Morgan fingerprint density at radius 1 is 0.885 bits per heavy atom. The Labute approximate surface area is 167 Å². The fraction of sp³-hybridized carbons (Fsp3) is 0.826. The highest BCUT2D eigenvalue weighted by Gasteiger charge is 2.36. The van der Waals surface area contributed by atoms with Crippen LogP contribution in [0.2, 0.25) is 36.3 Å². The predicted octanol–water partition coefficient (Wildman–Crippen LogP) is 7.96. The van der Waals surface area contributed by atoms with Crippen LogP contribution in [0.25, 0.3) is 0 Å². The van der Waals surface area contributed by atoms with Gasteiger partial charge in [0.2, 0.25) is 0 Å². The topological polar surface area (TPSA) is 9.23 Å². The summed E-state index contributed by atoms with van der Waals surface area (Å²) in [6, 6.07) is 0. The lowest BCUT2D eigenvalue weighted by molar-refractivity contribution is 0.282. The molecule has 0 aromatic heterocycles. The van der Waals surface area contributed by atoms with Crippen LogP contribution in [0.1, 0.15) is 80.6 Å². The van der Waals surface area contributed by atoms with E-state index < -0.39 is 16.4 Å². The Bertz CT molecular complexity index is 505. The Morgan fingerprint density at radius 2 is 1.42 bits per heavy atom. The number of allylic oxidation sites excluding steroid dienone is 2. The van der Waals surface area contributed by atoms with Crippen LogP contribution in [0.5, 0.6) is 0 Å². The molecule has 0 aliphatic carbocycles. The van der Waals surface area contributed by atoms with Crippen LogP contribution in [0.4, 0.5) is 0 Å². The van der Waals surface area contributed by atoms with Gasteiger partial charge in [-0.3, -0.25) is 0 Å². The smallest absolute Gasteiger partial charge is 0.191 e. The summed E-state index contributed by atoms with van der Waals surface area (Å²) >= 11 is 0. The molecule has 0 aliphatic rings. The standard InChI is InChI=1S/C23H46OSi2/c1-12-13-16-21(18-15-20-25(8,9)22(2,3)4)17-14-19-24-26(10,11)23(5,6)7/h18H,12-14,16-17,19H2,1-11H3/b21-18+. The molecule has 26 heavy (non-hydrogen) atoms. The molecule has 0 rings (SSSR count). The number of hydrogen-bond acceptors (Lipinski definition) is 1. The molecule has 0 spiro atoms. The molecule has 152 valence electrons. The highest BCUT2D eigenvalue weighted by Crippen LogP contribution is 2.37. The van der Waals surface area contributed by atoms with Crippen LogP contribution in [-0.2, 0) is 4.43 Å².